The second-order valence-electron chi connectivity index (χ2n) is 16.9. The number of carbonyl (C=O) groups excluding carboxylic acids is 3. The summed E-state index contributed by atoms with van der Waals surface area (Å²) in [7, 11) is 0. The molecule has 0 saturated carbocycles. The van der Waals surface area contributed by atoms with Crippen LogP contribution >= 0.6 is 20.7 Å². The number of hydrogen-bond donors (Lipinski definition) is 4. The maximum Gasteiger partial charge on any atom is 0.257 e. The molecule has 2 saturated heterocycles. The van der Waals surface area contributed by atoms with E-state index in [1.54, 1.807) is 29.4 Å². The third-order valence-electron chi connectivity index (χ3n) is 12.5. The number of nitrogens with one attached hydrogen (secondary N) is 4. The first-order valence-corrected chi connectivity index (χ1v) is 24.8. The lowest BCUT2D eigenvalue weighted by Crippen LogP contribution is -2.49. The molecule has 3 aromatic carbocycles. The van der Waals surface area contributed by atoms with E-state index in [-0.39, 0.29) is 30.3 Å². The van der Waals surface area contributed by atoms with E-state index in [1.165, 1.54) is 18.6 Å². The summed E-state index contributed by atoms with van der Waals surface area (Å²) >= 11 is -0.413. The fourth-order valence-electron chi connectivity index (χ4n) is 8.60. The summed E-state index contributed by atoms with van der Waals surface area (Å²) in [6, 6.07) is 19.1. The van der Waals surface area contributed by atoms with E-state index in [4.69, 9.17) is 15.1 Å². The summed E-state index contributed by atoms with van der Waals surface area (Å²) in [5.41, 5.74) is 9.84. The highest BCUT2D eigenvalue weighted by molar-refractivity contribution is 14.2. The average molecular weight is 1020 g/mol. The standard InChI is InChI=1S/C49H52FIN12O4/c1-31-40(29-54-46-45(31)53-13-22-67-46)34-5-6-35-25-51-48(59-43(35)23-34)58-37-7-3-33(4-8-37)30-60-14-16-63(17-15-60)49-55-27-36(28-56-49)47(66)62-20-18-61(19-21-62)44-12-9-38(24-41(44)50)57-42(32(2)64)11-10-39(65)26-52/h3-9,12,23-29,42,52-53,57H,10-11,13-22,30H2,1-2H3,(H,58,59). The Hall–Kier alpha value is -6.67. The number of hydrogen-bond acceptors (Lipinski definition) is 15. The molecule has 5 aromatic rings. The van der Waals surface area contributed by atoms with Crippen molar-refractivity contribution >= 4 is 86.7 Å². The first kappa shape index (κ1) is 45.5. The number of ketones is 2. The van der Waals surface area contributed by atoms with Crippen LogP contribution in [0.2, 0.25) is 0 Å². The molecule has 1 unspecified atom stereocenters. The van der Waals surface area contributed by atoms with Crippen molar-refractivity contribution in [1.29, 1.82) is 5.41 Å². The number of pyridine rings is 1. The van der Waals surface area contributed by atoms with Crippen LogP contribution in [0.3, 0.4) is 0 Å². The lowest BCUT2D eigenvalue weighted by atomic mass is 9.99. The van der Waals surface area contributed by atoms with E-state index in [9.17, 15) is 14.4 Å². The number of halogens is 2. The molecule has 4 aliphatic rings. The second-order valence-corrected chi connectivity index (χ2v) is 19.2. The summed E-state index contributed by atoms with van der Waals surface area (Å²) in [5, 5.41) is 17.1. The zero-order valence-corrected chi connectivity index (χ0v) is 39.6. The van der Waals surface area contributed by atoms with Crippen molar-refractivity contribution in [1.82, 2.24) is 24.8 Å². The van der Waals surface area contributed by atoms with Crippen LogP contribution in [0.15, 0.2) is 84.2 Å². The summed E-state index contributed by atoms with van der Waals surface area (Å²) in [4.78, 5) is 64.1. The molecule has 346 valence electrons. The number of aliphatic imine (C=N–C) groups is 1. The molecule has 0 radical (unpaired) electrons. The van der Waals surface area contributed by atoms with Gasteiger partial charge in [-0.25, -0.2) is 24.3 Å². The third-order valence-corrected chi connectivity index (χ3v) is 14.5. The number of ether oxygens (including phenoxy) is 1. The zero-order chi connectivity index (χ0) is 46.4. The predicted molar refractivity (Wildman–Crippen MR) is 270 cm³/mol. The summed E-state index contributed by atoms with van der Waals surface area (Å²) < 4.78 is 24.4. The van der Waals surface area contributed by atoms with Crippen LogP contribution in [0.4, 0.5) is 38.8 Å². The molecular weight excluding hydrogens is 967 g/mol. The van der Waals surface area contributed by atoms with Gasteiger partial charge in [0.25, 0.3) is 5.91 Å². The number of anilines is 5. The molecule has 1 amide bonds. The van der Waals surface area contributed by atoms with Crippen molar-refractivity contribution in [3.8, 4) is 17.0 Å². The van der Waals surface area contributed by atoms with Gasteiger partial charge in [-0.3, -0.25) is 19.3 Å². The topological polar surface area (TPSA) is 184 Å². The molecule has 67 heavy (non-hydrogen) atoms. The van der Waals surface area contributed by atoms with Crippen LogP contribution in [0, 0.1) is 18.2 Å². The smallest absolute Gasteiger partial charge is 0.257 e. The number of amides is 1. The first-order valence-electron chi connectivity index (χ1n) is 22.4. The molecule has 4 N–H and O–H groups in total. The summed E-state index contributed by atoms with van der Waals surface area (Å²) in [5.74, 6) is 0.0945. The molecule has 2 fully saturated rings. The molecular formula is C49H52FIN12O4. The number of fused-ring (bicyclic) bond motifs is 2. The SMILES string of the molecule is CC(=O)C(CCC(=O)C=N)Nc1ccc(N2CCN(C(=O)c3cnc(N4CCN(Cc5ccc(NC6=Nc7cc(-c8cnc9c(c8C)NCCO9)ccc7C=I6)cc5)CC4)nc3)CC2)c(F)c1. The third kappa shape index (κ3) is 10.6. The highest BCUT2D eigenvalue weighted by atomic mass is 127. The van der Waals surface area contributed by atoms with Gasteiger partial charge < -0.3 is 40.8 Å². The predicted octanol–water partition coefficient (Wildman–Crippen LogP) is 6.68. The van der Waals surface area contributed by atoms with Gasteiger partial charge in [0, 0.05) is 113 Å². The maximum absolute atomic E-state index is 15.3. The van der Waals surface area contributed by atoms with E-state index in [1.807, 2.05) is 11.1 Å². The number of piperazine rings is 2. The van der Waals surface area contributed by atoms with Gasteiger partial charge in [0.15, 0.2) is 15.4 Å². The first-order chi connectivity index (χ1) is 32.6. The Morgan fingerprint density at radius 1 is 0.910 bits per heavy atom. The Kier molecular flexibility index (Phi) is 13.9. The normalized spacial score (nSPS) is 16.3. The molecule has 18 heteroatoms. The lowest BCUT2D eigenvalue weighted by Gasteiger charge is -2.36. The van der Waals surface area contributed by atoms with Crippen molar-refractivity contribution in [2.45, 2.75) is 39.3 Å². The molecule has 0 aliphatic carbocycles. The minimum atomic E-state index is -0.666. The van der Waals surface area contributed by atoms with E-state index in [2.05, 4.69) is 94.1 Å². The van der Waals surface area contributed by atoms with Gasteiger partial charge >= 0.3 is 0 Å². The number of Topliss-reactive ketones (excluding diaryl/α,β-unsaturated/α-hetero) is 2. The molecule has 4 aliphatic heterocycles. The van der Waals surface area contributed by atoms with Gasteiger partial charge in [0.1, 0.15) is 18.1 Å². The van der Waals surface area contributed by atoms with Crippen molar-refractivity contribution in [3.63, 3.8) is 0 Å². The summed E-state index contributed by atoms with van der Waals surface area (Å²) in [6.07, 6.45) is 6.08. The number of aromatic nitrogens is 3. The Balaban J connectivity index is 0.722. The number of benzene rings is 3. The van der Waals surface area contributed by atoms with E-state index in [0.717, 1.165) is 88.6 Å². The molecule has 6 heterocycles. The largest absolute Gasteiger partial charge is 0.474 e. The lowest BCUT2D eigenvalue weighted by molar-refractivity contribution is -0.118. The monoisotopic (exact) mass is 1020 g/mol. The van der Waals surface area contributed by atoms with Gasteiger partial charge in [0.2, 0.25) is 11.8 Å². The minimum absolute atomic E-state index is 0.0532. The van der Waals surface area contributed by atoms with Crippen LogP contribution < -0.4 is 30.5 Å². The average Bonchev–Trinajstić information content (AvgIpc) is 3.36. The molecule has 2 aromatic heterocycles. The van der Waals surface area contributed by atoms with Crippen LogP contribution in [0.1, 0.15) is 46.8 Å². The van der Waals surface area contributed by atoms with Crippen molar-refractivity contribution in [2.75, 3.05) is 91.3 Å². The van der Waals surface area contributed by atoms with Crippen LogP contribution in [0.5, 0.6) is 5.88 Å². The van der Waals surface area contributed by atoms with E-state index >= 15 is 4.39 Å². The fraction of sp³-hybridized carbons (Fsp3) is 0.327. The highest BCUT2D eigenvalue weighted by Gasteiger charge is 2.26. The Bertz CT molecular complexity index is 2740. The Morgan fingerprint density at radius 3 is 2.39 bits per heavy atom. The van der Waals surface area contributed by atoms with E-state index < -0.39 is 32.6 Å². The van der Waals surface area contributed by atoms with Crippen molar-refractivity contribution < 1.29 is 23.5 Å². The fourth-order valence-corrected chi connectivity index (χ4v) is 10.6. The van der Waals surface area contributed by atoms with Gasteiger partial charge in [-0.05, 0) is 98.1 Å². The second kappa shape index (κ2) is 20.5. The minimum Gasteiger partial charge on any atom is -0.474 e. The summed E-state index contributed by atoms with van der Waals surface area (Å²) in [6.45, 7) is 10.7. The van der Waals surface area contributed by atoms with Gasteiger partial charge in [0.05, 0.1) is 29.2 Å². The Morgan fingerprint density at radius 2 is 1.66 bits per heavy atom. The number of rotatable bonds is 14. The van der Waals surface area contributed by atoms with Crippen molar-refractivity contribution in [2.24, 2.45) is 4.99 Å². The number of amidine groups is 1. The van der Waals surface area contributed by atoms with Gasteiger partial charge in [-0.15, -0.1) is 0 Å². The quantitative estimate of drug-likeness (QED) is 0.0526. The van der Waals surface area contributed by atoms with Gasteiger partial charge in [-0.2, -0.15) is 0 Å². The highest BCUT2D eigenvalue weighted by Crippen LogP contribution is 2.38. The molecule has 0 spiro atoms. The van der Waals surface area contributed by atoms with Crippen LogP contribution in [-0.4, -0.2) is 128 Å². The maximum atomic E-state index is 15.3. The van der Waals surface area contributed by atoms with Gasteiger partial charge in [-0.1, -0.05) is 24.3 Å². The van der Waals surface area contributed by atoms with Crippen LogP contribution in [0.25, 0.3) is 11.1 Å². The Labute approximate surface area is 398 Å². The molecule has 1 atom stereocenters. The van der Waals surface area contributed by atoms with E-state index in [0.29, 0.717) is 61.6 Å². The molecule has 9 rings (SSSR count). The van der Waals surface area contributed by atoms with Crippen molar-refractivity contribution in [3.05, 3.63) is 107 Å². The van der Waals surface area contributed by atoms with Crippen LogP contribution in [-0.2, 0) is 16.1 Å². The zero-order valence-electron chi connectivity index (χ0n) is 37.4. The number of nitrogens with zero attached hydrogens (tertiary/aromatic N) is 8. The molecule has 16 nitrogen and oxygen atoms in total. The number of carbonyl (C=O) groups is 3. The molecule has 0 bridgehead atoms.